The third-order valence-electron chi connectivity index (χ3n) is 2.79. The number of anilines is 1. The SMILES string of the molecule is NC(=O)c1ccc(N2CCNCC2)c(F)c1F. The minimum Gasteiger partial charge on any atom is -0.367 e. The number of piperazine rings is 1. The molecule has 1 aromatic carbocycles. The van der Waals surface area contributed by atoms with Crippen LogP contribution in [0.1, 0.15) is 10.4 Å². The molecule has 1 aromatic rings. The molecule has 6 heteroatoms. The largest absolute Gasteiger partial charge is 0.367 e. The summed E-state index contributed by atoms with van der Waals surface area (Å²) in [4.78, 5) is 12.6. The molecule has 0 radical (unpaired) electrons. The molecule has 17 heavy (non-hydrogen) atoms. The molecule has 0 aliphatic carbocycles. The summed E-state index contributed by atoms with van der Waals surface area (Å²) < 4.78 is 27.3. The lowest BCUT2D eigenvalue weighted by molar-refractivity contribution is 0.0995. The Balaban J connectivity index is 2.36. The molecule has 0 saturated carbocycles. The molecule has 0 aromatic heterocycles. The molecule has 2 rings (SSSR count). The van der Waals surface area contributed by atoms with Crippen LogP contribution in [0.4, 0.5) is 14.5 Å². The molecule has 0 bridgehead atoms. The first-order valence-corrected chi connectivity index (χ1v) is 5.34. The highest BCUT2D eigenvalue weighted by atomic mass is 19.2. The number of amides is 1. The maximum Gasteiger partial charge on any atom is 0.251 e. The second-order valence-corrected chi connectivity index (χ2v) is 3.86. The zero-order chi connectivity index (χ0) is 12.4. The number of nitrogens with one attached hydrogen (secondary N) is 1. The van der Waals surface area contributed by atoms with Gasteiger partial charge >= 0.3 is 0 Å². The highest BCUT2D eigenvalue weighted by molar-refractivity contribution is 5.93. The molecule has 1 aliphatic rings. The molecule has 3 N–H and O–H groups in total. The summed E-state index contributed by atoms with van der Waals surface area (Å²) >= 11 is 0. The van der Waals surface area contributed by atoms with Gasteiger partial charge in [-0.2, -0.15) is 0 Å². The number of benzene rings is 1. The van der Waals surface area contributed by atoms with Crippen LogP contribution in [-0.2, 0) is 0 Å². The first kappa shape index (κ1) is 11.8. The van der Waals surface area contributed by atoms with E-state index in [0.29, 0.717) is 13.1 Å². The van der Waals surface area contributed by atoms with E-state index in [0.717, 1.165) is 13.1 Å². The Hall–Kier alpha value is -1.69. The fraction of sp³-hybridized carbons (Fsp3) is 0.364. The minimum absolute atomic E-state index is 0.175. The number of carbonyl (C=O) groups excluding carboxylic acids is 1. The lowest BCUT2D eigenvalue weighted by Crippen LogP contribution is -2.44. The van der Waals surface area contributed by atoms with E-state index in [9.17, 15) is 13.6 Å². The van der Waals surface area contributed by atoms with E-state index >= 15 is 0 Å². The van der Waals surface area contributed by atoms with Crippen LogP contribution in [0.2, 0.25) is 0 Å². The first-order valence-electron chi connectivity index (χ1n) is 5.34. The number of nitrogens with two attached hydrogens (primary N) is 1. The number of rotatable bonds is 2. The summed E-state index contributed by atoms with van der Waals surface area (Å²) in [6.07, 6.45) is 0. The van der Waals surface area contributed by atoms with Gasteiger partial charge in [-0.1, -0.05) is 0 Å². The average molecular weight is 241 g/mol. The van der Waals surface area contributed by atoms with E-state index in [1.165, 1.54) is 12.1 Å². The Morgan fingerprint density at radius 1 is 1.24 bits per heavy atom. The van der Waals surface area contributed by atoms with Crippen molar-refractivity contribution in [3.63, 3.8) is 0 Å². The normalized spacial score (nSPS) is 16.0. The van der Waals surface area contributed by atoms with Crippen molar-refractivity contribution in [1.82, 2.24) is 5.32 Å². The van der Waals surface area contributed by atoms with Crippen molar-refractivity contribution in [3.8, 4) is 0 Å². The van der Waals surface area contributed by atoms with Gasteiger partial charge < -0.3 is 16.0 Å². The molecule has 1 amide bonds. The maximum absolute atomic E-state index is 13.8. The van der Waals surface area contributed by atoms with Crippen molar-refractivity contribution in [1.29, 1.82) is 0 Å². The van der Waals surface area contributed by atoms with Gasteiger partial charge in [-0.3, -0.25) is 4.79 Å². The van der Waals surface area contributed by atoms with Crippen LogP contribution in [-0.4, -0.2) is 32.1 Å². The van der Waals surface area contributed by atoms with Crippen molar-refractivity contribution in [2.75, 3.05) is 31.1 Å². The van der Waals surface area contributed by atoms with E-state index in [1.807, 2.05) is 0 Å². The molecule has 1 aliphatic heterocycles. The van der Waals surface area contributed by atoms with Gasteiger partial charge in [0.2, 0.25) is 0 Å². The summed E-state index contributed by atoms with van der Waals surface area (Å²) in [6, 6.07) is 2.61. The van der Waals surface area contributed by atoms with Crippen LogP contribution in [0.15, 0.2) is 12.1 Å². The molecule has 1 saturated heterocycles. The third-order valence-corrected chi connectivity index (χ3v) is 2.79. The van der Waals surface area contributed by atoms with Gasteiger partial charge in [0.1, 0.15) is 0 Å². The van der Waals surface area contributed by atoms with Crippen LogP contribution in [0.5, 0.6) is 0 Å². The topological polar surface area (TPSA) is 58.4 Å². The standard InChI is InChI=1S/C11H13F2N3O/c12-9-7(11(14)17)1-2-8(10(9)13)16-5-3-15-4-6-16/h1-2,15H,3-6H2,(H2,14,17). The van der Waals surface area contributed by atoms with E-state index in [1.54, 1.807) is 4.90 Å². The van der Waals surface area contributed by atoms with Crippen molar-refractivity contribution < 1.29 is 13.6 Å². The second kappa shape index (κ2) is 4.67. The molecule has 0 spiro atoms. The molecular formula is C11H13F2N3O. The first-order chi connectivity index (χ1) is 8.11. The minimum atomic E-state index is -1.17. The number of nitrogens with zero attached hydrogens (tertiary/aromatic N) is 1. The van der Waals surface area contributed by atoms with Gasteiger partial charge in [0.15, 0.2) is 11.6 Å². The van der Waals surface area contributed by atoms with Crippen molar-refractivity contribution in [2.24, 2.45) is 5.73 Å². The Morgan fingerprint density at radius 3 is 2.47 bits per heavy atom. The van der Waals surface area contributed by atoms with Crippen LogP contribution >= 0.6 is 0 Å². The van der Waals surface area contributed by atoms with Crippen LogP contribution in [0.3, 0.4) is 0 Å². The highest BCUT2D eigenvalue weighted by Gasteiger charge is 2.21. The smallest absolute Gasteiger partial charge is 0.251 e. The monoisotopic (exact) mass is 241 g/mol. The Labute approximate surface area is 97.4 Å². The zero-order valence-corrected chi connectivity index (χ0v) is 9.17. The lowest BCUT2D eigenvalue weighted by atomic mass is 10.1. The Kier molecular flexibility index (Phi) is 3.23. The average Bonchev–Trinajstić information content (AvgIpc) is 2.33. The molecule has 4 nitrogen and oxygen atoms in total. The number of hydrogen-bond donors (Lipinski definition) is 2. The number of carbonyl (C=O) groups is 1. The van der Waals surface area contributed by atoms with Gasteiger partial charge in [0.05, 0.1) is 11.3 Å². The Bertz CT molecular complexity index is 445. The van der Waals surface area contributed by atoms with Crippen LogP contribution < -0.4 is 16.0 Å². The van der Waals surface area contributed by atoms with Gasteiger partial charge in [-0.15, -0.1) is 0 Å². The van der Waals surface area contributed by atoms with Crippen molar-refractivity contribution in [2.45, 2.75) is 0 Å². The van der Waals surface area contributed by atoms with Crippen LogP contribution in [0.25, 0.3) is 0 Å². The van der Waals surface area contributed by atoms with E-state index in [-0.39, 0.29) is 5.69 Å². The van der Waals surface area contributed by atoms with E-state index in [4.69, 9.17) is 5.73 Å². The summed E-state index contributed by atoms with van der Waals surface area (Å²) in [5.74, 6) is -3.15. The fourth-order valence-corrected chi connectivity index (χ4v) is 1.88. The summed E-state index contributed by atoms with van der Waals surface area (Å²) in [6.45, 7) is 2.65. The summed E-state index contributed by atoms with van der Waals surface area (Å²) in [5.41, 5.74) is 4.70. The highest BCUT2D eigenvalue weighted by Crippen LogP contribution is 2.24. The lowest BCUT2D eigenvalue weighted by Gasteiger charge is -2.29. The number of halogens is 2. The van der Waals surface area contributed by atoms with Crippen molar-refractivity contribution >= 4 is 11.6 Å². The quantitative estimate of drug-likeness (QED) is 0.791. The summed E-state index contributed by atoms with van der Waals surface area (Å²) in [5, 5.41) is 3.12. The molecule has 0 atom stereocenters. The second-order valence-electron chi connectivity index (χ2n) is 3.86. The van der Waals surface area contributed by atoms with Gasteiger partial charge in [0, 0.05) is 26.2 Å². The maximum atomic E-state index is 13.8. The molecule has 1 fully saturated rings. The number of hydrogen-bond acceptors (Lipinski definition) is 3. The van der Waals surface area contributed by atoms with E-state index < -0.39 is 23.1 Å². The zero-order valence-electron chi connectivity index (χ0n) is 9.17. The fourth-order valence-electron chi connectivity index (χ4n) is 1.88. The predicted octanol–water partition coefficient (Wildman–Crippen LogP) is 0.473. The predicted molar refractivity (Wildman–Crippen MR) is 60.0 cm³/mol. The number of primary amides is 1. The molecular weight excluding hydrogens is 228 g/mol. The van der Waals surface area contributed by atoms with Gasteiger partial charge in [0.25, 0.3) is 5.91 Å². The van der Waals surface area contributed by atoms with Crippen LogP contribution in [0, 0.1) is 11.6 Å². The summed E-state index contributed by atoms with van der Waals surface area (Å²) in [7, 11) is 0. The Morgan fingerprint density at radius 2 is 1.88 bits per heavy atom. The van der Waals surface area contributed by atoms with Crippen molar-refractivity contribution in [3.05, 3.63) is 29.3 Å². The van der Waals surface area contributed by atoms with E-state index in [2.05, 4.69) is 5.32 Å². The third kappa shape index (κ3) is 2.21. The molecule has 1 heterocycles. The van der Waals surface area contributed by atoms with Gasteiger partial charge in [-0.05, 0) is 12.1 Å². The molecule has 0 unspecified atom stereocenters. The van der Waals surface area contributed by atoms with Gasteiger partial charge in [-0.25, -0.2) is 8.78 Å². The molecule has 92 valence electrons.